The number of hydrogen-bond donors (Lipinski definition) is 3. The predicted molar refractivity (Wildman–Crippen MR) is 76.8 cm³/mol. The summed E-state index contributed by atoms with van der Waals surface area (Å²) in [5, 5.41) is 12.2. The van der Waals surface area contributed by atoms with Crippen LogP contribution in [0.25, 0.3) is 0 Å². The summed E-state index contributed by atoms with van der Waals surface area (Å²) in [4.78, 5) is 11.8. The molecule has 0 saturated heterocycles. The van der Waals surface area contributed by atoms with Crippen LogP contribution in [-0.2, 0) is 0 Å². The van der Waals surface area contributed by atoms with Crippen molar-refractivity contribution < 1.29 is 14.6 Å². The van der Waals surface area contributed by atoms with Gasteiger partial charge < -0.3 is 20.9 Å². The van der Waals surface area contributed by atoms with E-state index in [4.69, 9.17) is 10.5 Å². The predicted octanol–water partition coefficient (Wildman–Crippen LogP) is 1.78. The van der Waals surface area contributed by atoms with E-state index in [0.717, 1.165) is 0 Å². The van der Waals surface area contributed by atoms with Crippen LogP contribution in [0.3, 0.4) is 0 Å². The SMILES string of the molecule is Nc1ccccc1OCCNC(=O)c1ccccc1O. The number of phenols is 1. The minimum atomic E-state index is -0.340. The minimum absolute atomic E-state index is 0.0433. The van der Waals surface area contributed by atoms with E-state index in [1.54, 1.807) is 30.3 Å². The van der Waals surface area contributed by atoms with Gasteiger partial charge in [0.05, 0.1) is 17.8 Å². The number of anilines is 1. The molecule has 0 aliphatic rings. The summed E-state index contributed by atoms with van der Waals surface area (Å²) < 4.78 is 5.45. The number of ether oxygens (including phenoxy) is 1. The number of rotatable bonds is 5. The Morgan fingerprint density at radius 3 is 2.60 bits per heavy atom. The third kappa shape index (κ3) is 3.41. The highest BCUT2D eigenvalue weighted by molar-refractivity contribution is 5.96. The first-order valence-corrected chi connectivity index (χ1v) is 6.22. The largest absolute Gasteiger partial charge is 0.507 e. The first-order valence-electron chi connectivity index (χ1n) is 6.22. The molecule has 2 aromatic carbocycles. The second kappa shape index (κ2) is 6.47. The normalized spacial score (nSPS) is 10.0. The number of hydrogen-bond acceptors (Lipinski definition) is 4. The number of nitrogens with two attached hydrogens (primary N) is 1. The van der Waals surface area contributed by atoms with Crippen LogP contribution < -0.4 is 15.8 Å². The van der Waals surface area contributed by atoms with Crippen molar-refractivity contribution in [2.24, 2.45) is 0 Å². The van der Waals surface area contributed by atoms with E-state index in [2.05, 4.69) is 5.32 Å². The lowest BCUT2D eigenvalue weighted by atomic mass is 10.2. The summed E-state index contributed by atoms with van der Waals surface area (Å²) in [7, 11) is 0. The molecule has 4 N–H and O–H groups in total. The number of carbonyl (C=O) groups is 1. The number of amides is 1. The number of nitrogens with one attached hydrogen (secondary N) is 1. The van der Waals surface area contributed by atoms with Gasteiger partial charge in [-0.2, -0.15) is 0 Å². The van der Waals surface area contributed by atoms with Crippen LogP contribution in [0.2, 0.25) is 0 Å². The monoisotopic (exact) mass is 272 g/mol. The highest BCUT2D eigenvalue weighted by Crippen LogP contribution is 2.19. The molecule has 0 spiro atoms. The molecule has 0 bridgehead atoms. The van der Waals surface area contributed by atoms with Crippen molar-refractivity contribution in [3.05, 3.63) is 54.1 Å². The molecule has 5 heteroatoms. The quantitative estimate of drug-likeness (QED) is 0.572. The third-order valence-electron chi connectivity index (χ3n) is 2.71. The van der Waals surface area contributed by atoms with E-state index in [0.29, 0.717) is 24.6 Å². The fourth-order valence-corrected chi connectivity index (χ4v) is 1.70. The van der Waals surface area contributed by atoms with Gasteiger partial charge in [-0.15, -0.1) is 0 Å². The van der Waals surface area contributed by atoms with E-state index in [1.807, 2.05) is 12.1 Å². The molecule has 0 aliphatic heterocycles. The Bertz CT molecular complexity index is 599. The molecule has 2 aromatic rings. The Morgan fingerprint density at radius 2 is 1.85 bits per heavy atom. The summed E-state index contributed by atoms with van der Waals surface area (Å²) in [6.07, 6.45) is 0. The van der Waals surface area contributed by atoms with Crippen LogP contribution >= 0.6 is 0 Å². The van der Waals surface area contributed by atoms with Crippen LogP contribution in [0.15, 0.2) is 48.5 Å². The molecule has 0 unspecified atom stereocenters. The number of carbonyl (C=O) groups excluding carboxylic acids is 1. The number of benzene rings is 2. The van der Waals surface area contributed by atoms with E-state index in [9.17, 15) is 9.90 Å². The molecular formula is C15H16N2O3. The maximum atomic E-state index is 11.8. The van der Waals surface area contributed by atoms with Crippen molar-refractivity contribution >= 4 is 11.6 Å². The Hall–Kier alpha value is -2.69. The lowest BCUT2D eigenvalue weighted by Crippen LogP contribution is -2.28. The zero-order chi connectivity index (χ0) is 14.4. The molecule has 2 rings (SSSR count). The second-order valence-electron chi connectivity index (χ2n) is 4.16. The smallest absolute Gasteiger partial charge is 0.255 e. The lowest BCUT2D eigenvalue weighted by Gasteiger charge is -2.10. The van der Waals surface area contributed by atoms with E-state index < -0.39 is 0 Å². The molecule has 0 aromatic heterocycles. The number of phenolic OH excluding ortho intramolecular Hbond substituents is 1. The van der Waals surface area contributed by atoms with Gasteiger partial charge in [-0.05, 0) is 24.3 Å². The number of aromatic hydroxyl groups is 1. The van der Waals surface area contributed by atoms with Crippen molar-refractivity contribution in [2.45, 2.75) is 0 Å². The zero-order valence-electron chi connectivity index (χ0n) is 10.9. The molecule has 0 heterocycles. The average molecular weight is 272 g/mol. The first-order chi connectivity index (χ1) is 9.68. The minimum Gasteiger partial charge on any atom is -0.507 e. The molecule has 0 radical (unpaired) electrons. The third-order valence-corrected chi connectivity index (χ3v) is 2.71. The van der Waals surface area contributed by atoms with Crippen molar-refractivity contribution in [1.29, 1.82) is 0 Å². The Labute approximate surface area is 117 Å². The number of nitrogen functional groups attached to an aromatic ring is 1. The van der Waals surface area contributed by atoms with Gasteiger partial charge in [0, 0.05) is 0 Å². The summed E-state index contributed by atoms with van der Waals surface area (Å²) in [5.74, 6) is 0.204. The Balaban J connectivity index is 1.81. The molecule has 0 saturated carbocycles. The van der Waals surface area contributed by atoms with Gasteiger partial charge in [-0.1, -0.05) is 24.3 Å². The van der Waals surface area contributed by atoms with Crippen LogP contribution in [0.1, 0.15) is 10.4 Å². The van der Waals surface area contributed by atoms with E-state index in [-0.39, 0.29) is 17.2 Å². The topological polar surface area (TPSA) is 84.6 Å². The highest BCUT2D eigenvalue weighted by atomic mass is 16.5. The molecule has 5 nitrogen and oxygen atoms in total. The molecule has 0 fully saturated rings. The Kier molecular flexibility index (Phi) is 4.44. The summed E-state index contributed by atoms with van der Waals surface area (Å²) in [5.41, 5.74) is 6.53. The van der Waals surface area contributed by atoms with Gasteiger partial charge in [-0.3, -0.25) is 4.79 Å². The summed E-state index contributed by atoms with van der Waals surface area (Å²) in [6.45, 7) is 0.620. The summed E-state index contributed by atoms with van der Waals surface area (Å²) >= 11 is 0. The molecule has 0 aliphatic carbocycles. The highest BCUT2D eigenvalue weighted by Gasteiger charge is 2.09. The maximum absolute atomic E-state index is 11.8. The number of para-hydroxylation sites is 3. The van der Waals surface area contributed by atoms with Gasteiger partial charge in [0.25, 0.3) is 5.91 Å². The van der Waals surface area contributed by atoms with Crippen LogP contribution in [-0.4, -0.2) is 24.2 Å². The van der Waals surface area contributed by atoms with E-state index >= 15 is 0 Å². The van der Waals surface area contributed by atoms with E-state index in [1.165, 1.54) is 6.07 Å². The van der Waals surface area contributed by atoms with Crippen molar-refractivity contribution in [1.82, 2.24) is 5.32 Å². The van der Waals surface area contributed by atoms with Crippen LogP contribution in [0.5, 0.6) is 11.5 Å². The maximum Gasteiger partial charge on any atom is 0.255 e. The molecule has 0 atom stereocenters. The standard InChI is InChI=1S/C15H16N2O3/c16-12-6-2-4-8-14(12)20-10-9-17-15(19)11-5-1-3-7-13(11)18/h1-8,18H,9-10,16H2,(H,17,19). The second-order valence-corrected chi connectivity index (χ2v) is 4.16. The fraction of sp³-hybridized carbons (Fsp3) is 0.133. The zero-order valence-corrected chi connectivity index (χ0v) is 10.9. The average Bonchev–Trinajstić information content (AvgIpc) is 2.45. The fourth-order valence-electron chi connectivity index (χ4n) is 1.70. The Morgan fingerprint density at radius 1 is 1.15 bits per heavy atom. The van der Waals surface area contributed by atoms with Gasteiger partial charge >= 0.3 is 0 Å². The van der Waals surface area contributed by atoms with Crippen molar-refractivity contribution in [3.8, 4) is 11.5 Å². The molecule has 1 amide bonds. The van der Waals surface area contributed by atoms with Gasteiger partial charge in [-0.25, -0.2) is 0 Å². The van der Waals surface area contributed by atoms with Gasteiger partial charge in [0.2, 0.25) is 0 Å². The van der Waals surface area contributed by atoms with Crippen molar-refractivity contribution in [3.63, 3.8) is 0 Å². The molecule has 20 heavy (non-hydrogen) atoms. The van der Waals surface area contributed by atoms with Crippen LogP contribution in [0.4, 0.5) is 5.69 Å². The molecule has 104 valence electrons. The lowest BCUT2D eigenvalue weighted by molar-refractivity contribution is 0.0944. The summed E-state index contributed by atoms with van der Waals surface area (Å²) in [6, 6.07) is 13.5. The van der Waals surface area contributed by atoms with Gasteiger partial charge in [0.15, 0.2) is 0 Å². The van der Waals surface area contributed by atoms with Crippen LogP contribution in [0, 0.1) is 0 Å². The van der Waals surface area contributed by atoms with Gasteiger partial charge in [0.1, 0.15) is 18.1 Å². The first kappa shape index (κ1) is 13.7. The van der Waals surface area contributed by atoms with Crippen molar-refractivity contribution in [2.75, 3.05) is 18.9 Å². The molecular weight excluding hydrogens is 256 g/mol.